The van der Waals surface area contributed by atoms with Crippen molar-refractivity contribution in [2.75, 3.05) is 0 Å². The molecule has 0 aromatic heterocycles. The zero-order valence-electron chi connectivity index (χ0n) is 12.4. The first-order chi connectivity index (χ1) is 9.58. The molecule has 0 spiro atoms. The van der Waals surface area contributed by atoms with Crippen molar-refractivity contribution in [2.45, 2.75) is 32.6 Å². The van der Waals surface area contributed by atoms with Crippen LogP contribution in [-0.4, -0.2) is 46.5 Å². The van der Waals surface area contributed by atoms with Gasteiger partial charge in [-0.3, -0.25) is 9.59 Å². The van der Waals surface area contributed by atoms with Crippen molar-refractivity contribution in [2.24, 2.45) is 5.41 Å². The van der Waals surface area contributed by atoms with Gasteiger partial charge in [-0.1, -0.05) is 50.1 Å². The van der Waals surface area contributed by atoms with Gasteiger partial charge in [-0.15, -0.1) is 0 Å². The molecule has 1 saturated heterocycles. The minimum atomic E-state index is -1.06. The summed E-state index contributed by atoms with van der Waals surface area (Å²) in [5.41, 5.74) is -0.0821. The molecule has 1 radical (unpaired) electrons. The third kappa shape index (κ3) is 4.13. The quantitative estimate of drug-likeness (QED) is 0.493. The molecule has 2 N–H and O–H groups in total. The first kappa shape index (κ1) is 18.3. The molecule has 107 valence electrons. The fourth-order valence-electron chi connectivity index (χ4n) is 2.48. The Kier molecular flexibility index (Phi) is 7.00. The Morgan fingerprint density at radius 1 is 1.10 bits per heavy atom. The Labute approximate surface area is 152 Å². The monoisotopic (exact) mass is 313 g/mol. The molecule has 6 heteroatoms. The van der Waals surface area contributed by atoms with Gasteiger partial charge in [0, 0.05) is 29.6 Å². The Morgan fingerprint density at radius 2 is 1.67 bits per heavy atom. The van der Waals surface area contributed by atoms with Crippen LogP contribution in [0.3, 0.4) is 0 Å². The van der Waals surface area contributed by atoms with Gasteiger partial charge in [0.25, 0.3) is 0 Å². The number of benzene rings is 1. The van der Waals surface area contributed by atoms with Gasteiger partial charge in [0.2, 0.25) is 11.8 Å². The minimum Gasteiger partial charge on any atom is -0.302 e. The number of nitrogens with one attached hydrogen (secondary N) is 2. The summed E-state index contributed by atoms with van der Waals surface area (Å²) in [6.45, 7) is 2.04. The smallest absolute Gasteiger partial charge is 0.242 e. The van der Waals surface area contributed by atoms with Crippen LogP contribution in [0.5, 0.6) is 0 Å². The molecule has 1 heterocycles. The van der Waals surface area contributed by atoms with E-state index in [9.17, 15) is 9.59 Å². The molecular formula is C15H18N2NaO2S. The second kappa shape index (κ2) is 8.03. The number of hydrogen-bond donors (Lipinski definition) is 2. The fourth-order valence-corrected chi connectivity index (χ4v) is 2.66. The van der Waals surface area contributed by atoms with Gasteiger partial charge in [0.05, 0.1) is 0 Å². The van der Waals surface area contributed by atoms with Gasteiger partial charge >= 0.3 is 0 Å². The molecule has 1 aromatic rings. The molecular weight excluding hydrogens is 295 g/mol. The molecule has 2 rings (SSSR count). The van der Waals surface area contributed by atoms with Crippen molar-refractivity contribution in [3.05, 3.63) is 35.9 Å². The molecule has 0 saturated carbocycles. The summed E-state index contributed by atoms with van der Waals surface area (Å²) in [6.07, 6.45) is 2.68. The first-order valence-corrected chi connectivity index (χ1v) is 7.20. The van der Waals surface area contributed by atoms with Gasteiger partial charge in [-0.2, -0.15) is 0 Å². The molecule has 0 bridgehead atoms. The second-order valence-corrected chi connectivity index (χ2v) is 5.49. The summed E-state index contributed by atoms with van der Waals surface area (Å²) in [5, 5.41) is 5.28. The van der Waals surface area contributed by atoms with Crippen LogP contribution in [0.15, 0.2) is 30.3 Å². The van der Waals surface area contributed by atoms with Crippen molar-refractivity contribution in [1.82, 2.24) is 10.6 Å². The summed E-state index contributed by atoms with van der Waals surface area (Å²) in [5.74, 6) is -0.577. The number of unbranched alkanes of at least 4 members (excludes halogenated alkanes) is 1. The topological polar surface area (TPSA) is 58.2 Å². The van der Waals surface area contributed by atoms with Crippen LogP contribution in [0.4, 0.5) is 0 Å². The number of thiocarbonyl (C=S) groups is 1. The van der Waals surface area contributed by atoms with E-state index < -0.39 is 5.41 Å². The Balaban J connectivity index is 0.00000220. The van der Waals surface area contributed by atoms with E-state index in [0.29, 0.717) is 12.8 Å². The molecule has 0 unspecified atom stereocenters. The van der Waals surface area contributed by atoms with E-state index in [1.54, 1.807) is 0 Å². The predicted octanol–water partition coefficient (Wildman–Crippen LogP) is 1.56. The van der Waals surface area contributed by atoms with Crippen LogP contribution in [0.2, 0.25) is 0 Å². The van der Waals surface area contributed by atoms with Crippen LogP contribution < -0.4 is 10.6 Å². The molecule has 4 nitrogen and oxygen atoms in total. The summed E-state index contributed by atoms with van der Waals surface area (Å²) < 4.78 is 0. The summed E-state index contributed by atoms with van der Waals surface area (Å²) in [6, 6.07) is 9.60. The number of amides is 2. The van der Waals surface area contributed by atoms with Crippen LogP contribution in [0, 0.1) is 5.41 Å². The summed E-state index contributed by atoms with van der Waals surface area (Å²) in [4.78, 5) is 24.8. The van der Waals surface area contributed by atoms with Crippen molar-refractivity contribution >= 4 is 58.7 Å². The summed E-state index contributed by atoms with van der Waals surface area (Å²) in [7, 11) is 0. The zero-order valence-corrected chi connectivity index (χ0v) is 15.3. The molecule has 1 fully saturated rings. The van der Waals surface area contributed by atoms with Crippen molar-refractivity contribution in [1.29, 1.82) is 0 Å². The molecule has 1 aromatic carbocycles. The molecule has 2 amide bonds. The van der Waals surface area contributed by atoms with E-state index in [2.05, 4.69) is 10.6 Å². The van der Waals surface area contributed by atoms with Gasteiger partial charge in [-0.25, -0.2) is 0 Å². The zero-order chi connectivity index (χ0) is 14.6. The predicted molar refractivity (Wildman–Crippen MR) is 86.7 cm³/mol. The average molecular weight is 313 g/mol. The van der Waals surface area contributed by atoms with E-state index in [1.165, 1.54) is 0 Å². The SMILES string of the molecule is CCCCC1(Cc2ccccc2)C(=O)NC(=S)NC1=O.[Na]. The van der Waals surface area contributed by atoms with E-state index in [1.807, 2.05) is 37.3 Å². The molecule has 1 aliphatic rings. The van der Waals surface area contributed by atoms with Crippen molar-refractivity contribution in [3.63, 3.8) is 0 Å². The minimum absolute atomic E-state index is 0. The second-order valence-electron chi connectivity index (χ2n) is 5.09. The summed E-state index contributed by atoms with van der Waals surface area (Å²) >= 11 is 4.88. The van der Waals surface area contributed by atoms with Crippen LogP contribution in [-0.2, 0) is 16.0 Å². The fraction of sp³-hybridized carbons (Fsp3) is 0.400. The standard InChI is InChI=1S/C15H18N2O2S.Na/c1-2-3-9-15(10-11-7-5-4-6-8-11)12(18)16-14(20)17-13(15)19;/h4-8H,2-3,9-10H2,1H3,(H2,16,17,18,19,20);. The van der Waals surface area contributed by atoms with Gasteiger partial charge in [0.1, 0.15) is 5.41 Å². The molecule has 1 aliphatic heterocycles. The third-order valence-corrected chi connectivity index (χ3v) is 3.83. The number of carbonyl (C=O) groups is 2. The normalized spacial score (nSPS) is 16.7. The molecule has 0 atom stereocenters. The van der Waals surface area contributed by atoms with E-state index in [0.717, 1.165) is 18.4 Å². The van der Waals surface area contributed by atoms with E-state index >= 15 is 0 Å². The van der Waals surface area contributed by atoms with Crippen LogP contribution >= 0.6 is 12.2 Å². The molecule has 0 aliphatic carbocycles. The number of carbonyl (C=O) groups excluding carboxylic acids is 2. The maximum Gasteiger partial charge on any atom is 0.242 e. The van der Waals surface area contributed by atoms with Gasteiger partial charge in [0.15, 0.2) is 5.11 Å². The van der Waals surface area contributed by atoms with Crippen LogP contribution in [0.25, 0.3) is 0 Å². The largest absolute Gasteiger partial charge is 0.302 e. The van der Waals surface area contributed by atoms with Gasteiger partial charge < -0.3 is 10.6 Å². The number of rotatable bonds is 5. The average Bonchev–Trinajstić information content (AvgIpc) is 2.42. The van der Waals surface area contributed by atoms with E-state index in [-0.39, 0.29) is 46.5 Å². The van der Waals surface area contributed by atoms with Crippen molar-refractivity contribution in [3.8, 4) is 0 Å². The maximum absolute atomic E-state index is 12.4. The Hall–Kier alpha value is -0.750. The van der Waals surface area contributed by atoms with Gasteiger partial charge in [-0.05, 0) is 30.6 Å². The Bertz CT molecular complexity index is 514. The van der Waals surface area contributed by atoms with Crippen molar-refractivity contribution < 1.29 is 9.59 Å². The Morgan fingerprint density at radius 3 is 2.19 bits per heavy atom. The first-order valence-electron chi connectivity index (χ1n) is 6.79. The number of hydrogen-bond acceptors (Lipinski definition) is 3. The van der Waals surface area contributed by atoms with Crippen LogP contribution in [0.1, 0.15) is 31.7 Å². The molecule has 21 heavy (non-hydrogen) atoms. The van der Waals surface area contributed by atoms with E-state index in [4.69, 9.17) is 12.2 Å². The third-order valence-electron chi connectivity index (χ3n) is 3.63. The maximum atomic E-state index is 12.4.